The topological polar surface area (TPSA) is 180 Å². The summed E-state index contributed by atoms with van der Waals surface area (Å²) in [6.07, 6.45) is 12.5. The van der Waals surface area contributed by atoms with Gasteiger partial charge in [-0.2, -0.15) is 0 Å². The quantitative estimate of drug-likeness (QED) is 0.104. The first-order valence-electron chi connectivity index (χ1n) is 22.0. The number of likely N-dealkylation sites (tertiary alicyclic amines) is 2. The van der Waals surface area contributed by atoms with Gasteiger partial charge in [-0.3, -0.25) is 0 Å². The van der Waals surface area contributed by atoms with Gasteiger partial charge in [0.25, 0.3) is 0 Å². The lowest BCUT2D eigenvalue weighted by Crippen LogP contribution is -2.42. The molecular weight excluding hydrogens is 877 g/mol. The molecule has 2 aliphatic rings. The van der Waals surface area contributed by atoms with Crippen molar-refractivity contribution >= 4 is 33.8 Å². The van der Waals surface area contributed by atoms with Crippen molar-refractivity contribution in [3.8, 4) is 45.3 Å². The van der Waals surface area contributed by atoms with Crippen molar-refractivity contribution in [1.29, 1.82) is 0 Å². The summed E-state index contributed by atoms with van der Waals surface area (Å²) in [4.78, 5) is 55.3. The van der Waals surface area contributed by atoms with E-state index >= 15 is 0 Å². The first-order valence-corrected chi connectivity index (χ1v) is 25.1. The monoisotopic (exact) mass is 934 g/mol. The van der Waals surface area contributed by atoms with Gasteiger partial charge in [-0.1, -0.05) is 72.4 Å². The van der Waals surface area contributed by atoms with E-state index in [2.05, 4.69) is 36.6 Å². The highest BCUT2D eigenvalue weighted by Gasteiger charge is 2.32. The highest BCUT2D eigenvalue weighted by Crippen LogP contribution is 2.37. The number of carbonyl (C=O) groups excluding carboxylic acids is 2. The summed E-state index contributed by atoms with van der Waals surface area (Å²) in [6.45, 7) is 13.6. The summed E-state index contributed by atoms with van der Waals surface area (Å²) in [5, 5.41) is 0.505. The van der Waals surface area contributed by atoms with Crippen molar-refractivity contribution in [2.24, 2.45) is 0 Å². The Morgan fingerprint density at radius 3 is 1.41 bits per heavy atom. The number of rotatable bonds is 8. The van der Waals surface area contributed by atoms with Crippen LogP contribution in [0.25, 0.3) is 45.3 Å². The Kier molecular flexibility index (Phi) is 14.6. The second-order valence-corrected chi connectivity index (χ2v) is 20.9. The first kappa shape index (κ1) is 47.8. The van der Waals surface area contributed by atoms with Crippen LogP contribution < -0.4 is 0 Å². The second-order valence-electron chi connectivity index (χ2n) is 18.3. The number of sulfone groups is 1. The maximum Gasteiger partial charge on any atom is 0.410 e. The van der Waals surface area contributed by atoms with Gasteiger partial charge in [0.15, 0.2) is 5.16 Å². The Morgan fingerprint density at radius 1 is 0.606 bits per heavy atom. The average Bonchev–Trinajstić information content (AvgIpc) is 3.95. The van der Waals surface area contributed by atoms with Crippen LogP contribution in [0.15, 0.2) is 108 Å². The number of ether oxygens (including phenoxy) is 2. The smallest absolute Gasteiger partial charge is 0.410 e. The highest BCUT2D eigenvalue weighted by molar-refractivity contribution is 7.98. The van der Waals surface area contributed by atoms with Gasteiger partial charge in [0.1, 0.15) is 11.2 Å². The molecule has 0 aliphatic carbocycles. The van der Waals surface area contributed by atoms with Crippen LogP contribution in [0.3, 0.4) is 0 Å². The molecule has 0 bridgehead atoms. The predicted octanol–water partition coefficient (Wildman–Crippen LogP) is 9.28. The van der Waals surface area contributed by atoms with Crippen molar-refractivity contribution in [1.82, 2.24) is 48.8 Å². The molecule has 16 nitrogen and oxygen atoms in total. The predicted molar refractivity (Wildman–Crippen MR) is 254 cm³/mol. The standard InChI is InChI=1S/C24H29N5O4S.C24H29N5O2S/c1-24(2,3)33-23(30)28-14-11-18(12-15-28)29-16-26-20(17-8-6-5-7-9-17)21(29)19-10-13-25-22(27-19)34(4,31)32;1-24(2,3)31-23(30)28-14-11-18(12-15-28)29-16-26-20(17-8-6-5-7-9-17)21(29)19-10-13-25-22(27-19)32-4/h5-10,13,16,18H,11-12,14-15H2,1-4H3;5-10,13,16,18H,11-12,14-15H2,1-4H3. The third-order valence-electron chi connectivity index (χ3n) is 11.0. The van der Waals surface area contributed by atoms with Gasteiger partial charge >= 0.3 is 12.2 Å². The molecule has 0 saturated carbocycles. The zero-order valence-corrected chi connectivity index (χ0v) is 40.4. The Balaban J connectivity index is 0.000000197. The van der Waals surface area contributed by atoms with Crippen LogP contribution in [0, 0.1) is 0 Å². The highest BCUT2D eigenvalue weighted by atomic mass is 32.2. The van der Waals surface area contributed by atoms with Gasteiger partial charge in [-0.05, 0) is 85.6 Å². The summed E-state index contributed by atoms with van der Waals surface area (Å²) < 4.78 is 39.5. The molecule has 2 aromatic carbocycles. The number of piperidine rings is 2. The number of amides is 2. The molecule has 0 spiro atoms. The van der Waals surface area contributed by atoms with E-state index < -0.39 is 21.0 Å². The molecular formula is C48H58N10O6S2. The number of hydrogen-bond acceptors (Lipinski definition) is 13. The fourth-order valence-electron chi connectivity index (χ4n) is 7.93. The molecule has 4 aromatic heterocycles. The van der Waals surface area contributed by atoms with E-state index in [1.165, 1.54) is 18.0 Å². The zero-order chi connectivity index (χ0) is 47.2. The number of thioether (sulfide) groups is 1. The number of nitrogens with zero attached hydrogens (tertiary/aromatic N) is 10. The van der Waals surface area contributed by atoms with Crippen molar-refractivity contribution < 1.29 is 27.5 Å². The third-order valence-corrected chi connectivity index (χ3v) is 12.4. The van der Waals surface area contributed by atoms with Crippen LogP contribution in [0.2, 0.25) is 0 Å². The second kappa shape index (κ2) is 20.2. The van der Waals surface area contributed by atoms with Crippen molar-refractivity contribution in [2.45, 2.75) is 101 Å². The Hall–Kier alpha value is -6.14. The molecule has 2 fully saturated rings. The number of aromatic nitrogens is 8. The van der Waals surface area contributed by atoms with Crippen LogP contribution in [-0.2, 0) is 19.3 Å². The fraction of sp³-hybridized carbons (Fsp3) is 0.417. The maximum absolute atomic E-state index is 12.5. The van der Waals surface area contributed by atoms with Gasteiger partial charge in [-0.25, -0.2) is 47.9 Å². The van der Waals surface area contributed by atoms with E-state index in [0.29, 0.717) is 50.4 Å². The number of benzene rings is 2. The lowest BCUT2D eigenvalue weighted by atomic mass is 10.0. The van der Waals surface area contributed by atoms with Crippen LogP contribution in [-0.4, -0.2) is 119 Å². The minimum Gasteiger partial charge on any atom is -0.444 e. The lowest BCUT2D eigenvalue weighted by molar-refractivity contribution is 0.0178. The SMILES string of the molecule is CC(C)(C)OC(=O)N1CCC(n2cnc(-c3ccccc3)c2-c2ccnc(S(C)(=O)=O)n2)CC1.CSc1nccc(-c2c(-c3ccccc3)ncn2C2CCN(C(=O)OC(C)(C)C)CC2)n1. The van der Waals surface area contributed by atoms with Crippen LogP contribution in [0.5, 0.6) is 0 Å². The largest absolute Gasteiger partial charge is 0.444 e. The molecule has 0 atom stereocenters. The van der Waals surface area contributed by atoms with Gasteiger partial charge in [-0.15, -0.1) is 0 Å². The van der Waals surface area contributed by atoms with Gasteiger partial charge < -0.3 is 28.4 Å². The lowest BCUT2D eigenvalue weighted by Gasteiger charge is -2.34. The van der Waals surface area contributed by atoms with Crippen molar-refractivity contribution in [3.05, 3.63) is 97.8 Å². The molecule has 2 saturated heterocycles. The fourth-order valence-corrected chi connectivity index (χ4v) is 8.80. The van der Waals surface area contributed by atoms with E-state index in [0.717, 1.165) is 58.2 Å². The number of hydrogen-bond donors (Lipinski definition) is 0. The van der Waals surface area contributed by atoms with E-state index in [4.69, 9.17) is 19.4 Å². The normalized spacial score (nSPS) is 15.2. The first-order chi connectivity index (χ1) is 31.4. The summed E-state index contributed by atoms with van der Waals surface area (Å²) in [7, 11) is -3.57. The van der Waals surface area contributed by atoms with Crippen molar-refractivity contribution in [2.75, 3.05) is 38.7 Å². The minimum absolute atomic E-state index is 0.0651. The van der Waals surface area contributed by atoms with E-state index in [1.54, 1.807) is 28.4 Å². The number of imidazole rings is 2. The molecule has 8 rings (SSSR count). The van der Waals surface area contributed by atoms with Crippen LogP contribution >= 0.6 is 11.8 Å². The molecule has 2 aliphatic heterocycles. The van der Waals surface area contributed by atoms with Crippen LogP contribution in [0.4, 0.5) is 9.59 Å². The van der Waals surface area contributed by atoms with Crippen LogP contribution in [0.1, 0.15) is 79.3 Å². The molecule has 2 amide bonds. The molecule has 6 aromatic rings. The molecule has 348 valence electrons. The van der Waals surface area contributed by atoms with Crippen molar-refractivity contribution in [3.63, 3.8) is 0 Å². The molecule has 66 heavy (non-hydrogen) atoms. The molecule has 0 N–H and O–H groups in total. The third kappa shape index (κ3) is 11.8. The number of carbonyl (C=O) groups is 2. The van der Waals surface area contributed by atoms with Gasteiger partial charge in [0.05, 0.1) is 46.8 Å². The van der Waals surface area contributed by atoms with Gasteiger partial charge in [0.2, 0.25) is 15.0 Å². The Labute approximate surface area is 391 Å². The summed E-state index contributed by atoms with van der Waals surface area (Å²) >= 11 is 1.52. The average molecular weight is 935 g/mol. The van der Waals surface area contributed by atoms with E-state index in [9.17, 15) is 18.0 Å². The molecule has 6 heterocycles. The minimum atomic E-state index is -3.57. The molecule has 0 radical (unpaired) electrons. The maximum atomic E-state index is 12.5. The van der Waals surface area contributed by atoms with Gasteiger partial charge in [0, 0.05) is 68.0 Å². The summed E-state index contributed by atoms with van der Waals surface area (Å²) in [5.74, 6) is 0. The molecule has 0 unspecified atom stereocenters. The Bertz CT molecular complexity index is 2720. The molecule has 18 heteroatoms. The zero-order valence-electron chi connectivity index (χ0n) is 38.8. The van der Waals surface area contributed by atoms with E-state index in [1.807, 2.05) is 113 Å². The Morgan fingerprint density at radius 2 is 1.02 bits per heavy atom. The summed E-state index contributed by atoms with van der Waals surface area (Å²) in [6, 6.07) is 23.8. The summed E-state index contributed by atoms with van der Waals surface area (Å²) in [5.41, 5.74) is 5.62. The van der Waals surface area contributed by atoms with E-state index in [-0.39, 0.29) is 29.4 Å².